The second-order valence-corrected chi connectivity index (χ2v) is 4.54. The minimum absolute atomic E-state index is 0.415. The van der Waals surface area contributed by atoms with Crippen LogP contribution in [0.2, 0.25) is 0 Å². The van der Waals surface area contributed by atoms with Crippen LogP contribution in [0.5, 0.6) is 0 Å². The highest BCUT2D eigenvalue weighted by Gasteiger charge is 2.08. The Morgan fingerprint density at radius 3 is 2.83 bits per heavy atom. The maximum Gasteiger partial charge on any atom is 0.246 e. The Hall–Kier alpha value is -0.750. The van der Waals surface area contributed by atoms with Crippen LogP contribution in [0, 0.1) is 0 Å². The van der Waals surface area contributed by atoms with Crippen molar-refractivity contribution in [1.29, 1.82) is 0 Å². The lowest BCUT2D eigenvalue weighted by Gasteiger charge is -1.99. The van der Waals surface area contributed by atoms with Crippen LogP contribution in [-0.4, -0.2) is 23.4 Å². The number of aryl methyl sites for hydroxylation is 1. The lowest BCUT2D eigenvalue weighted by Crippen LogP contribution is -2.12. The molecule has 0 amide bonds. The molecular weight excluding hydrogens is 202 g/mol. The smallest absolute Gasteiger partial charge is 0.246 e. The normalized spacial score (nSPS) is 11.5. The summed E-state index contributed by atoms with van der Waals surface area (Å²) in [5.41, 5.74) is 0.415. The average Bonchev–Trinajstić information content (AvgIpc) is 2.35. The van der Waals surface area contributed by atoms with Crippen molar-refractivity contribution in [3.63, 3.8) is 0 Å². The summed E-state index contributed by atoms with van der Waals surface area (Å²) < 4.78 is 25.5. The van der Waals surface area contributed by atoms with E-state index in [1.54, 1.807) is 13.2 Å². The Labute approximate surface area is 75.4 Å². The van der Waals surface area contributed by atoms with Crippen molar-refractivity contribution in [3.05, 3.63) is 12.4 Å². The van der Waals surface area contributed by atoms with Gasteiger partial charge in [-0.05, 0) is 0 Å². The van der Waals surface area contributed by atoms with E-state index in [-0.39, 0.29) is 0 Å². The van der Waals surface area contributed by atoms with Gasteiger partial charge in [-0.2, -0.15) is 5.10 Å². The minimum Gasteiger partial charge on any atom is -0.279 e. The zero-order chi connectivity index (χ0) is 9.19. The average molecular weight is 210 g/mol. The number of hydrogen-bond acceptors (Lipinski definition) is 3. The lowest BCUT2D eigenvalue weighted by atomic mass is 10.6. The van der Waals surface area contributed by atoms with Gasteiger partial charge in [0.25, 0.3) is 0 Å². The highest BCUT2D eigenvalue weighted by atomic mass is 35.5. The first kappa shape index (κ1) is 9.34. The van der Waals surface area contributed by atoms with Gasteiger partial charge >= 0.3 is 0 Å². The first-order chi connectivity index (χ1) is 5.53. The molecule has 0 unspecified atom stereocenters. The molecule has 0 bridgehead atoms. The Morgan fingerprint density at radius 1 is 1.75 bits per heavy atom. The lowest BCUT2D eigenvalue weighted by molar-refractivity contribution is 0.605. The summed E-state index contributed by atoms with van der Waals surface area (Å²) >= 11 is 5.17. The van der Waals surface area contributed by atoms with Crippen LogP contribution >= 0.6 is 11.6 Å². The number of halogens is 1. The molecule has 1 heterocycles. The predicted molar refractivity (Wildman–Crippen MR) is 46.5 cm³/mol. The number of rotatable bonds is 3. The highest BCUT2D eigenvalue weighted by Crippen LogP contribution is 2.06. The van der Waals surface area contributed by atoms with E-state index < -0.39 is 15.2 Å². The van der Waals surface area contributed by atoms with Crippen LogP contribution in [0.15, 0.2) is 12.4 Å². The topological polar surface area (TPSA) is 64.0 Å². The molecule has 0 fully saturated rings. The van der Waals surface area contributed by atoms with Gasteiger partial charge in [0, 0.05) is 13.2 Å². The van der Waals surface area contributed by atoms with Gasteiger partial charge < -0.3 is 0 Å². The van der Waals surface area contributed by atoms with Crippen LogP contribution < -0.4 is 4.72 Å². The maximum atomic E-state index is 10.9. The van der Waals surface area contributed by atoms with Crippen molar-refractivity contribution >= 4 is 27.3 Å². The van der Waals surface area contributed by atoms with Crippen molar-refractivity contribution in [2.24, 2.45) is 7.05 Å². The molecule has 0 aliphatic rings. The molecule has 1 aromatic heterocycles. The number of nitrogens with one attached hydrogen (secondary N) is 1. The fourth-order valence-electron chi connectivity index (χ4n) is 0.681. The molecule has 0 aromatic carbocycles. The molecule has 0 aliphatic heterocycles. The van der Waals surface area contributed by atoms with E-state index in [9.17, 15) is 8.42 Å². The number of anilines is 1. The van der Waals surface area contributed by atoms with Crippen LogP contribution in [0.25, 0.3) is 0 Å². The van der Waals surface area contributed by atoms with Crippen molar-refractivity contribution in [2.75, 3.05) is 9.93 Å². The summed E-state index contributed by atoms with van der Waals surface area (Å²) in [6.07, 6.45) is 2.95. The molecule has 0 spiro atoms. The Morgan fingerprint density at radius 2 is 2.42 bits per heavy atom. The van der Waals surface area contributed by atoms with Crippen molar-refractivity contribution in [3.8, 4) is 0 Å². The SMILES string of the molecule is Cn1cc(NS(=O)(=O)CCl)cn1. The van der Waals surface area contributed by atoms with Crippen LogP contribution in [-0.2, 0) is 17.1 Å². The summed E-state index contributed by atoms with van der Waals surface area (Å²) in [5.74, 6) is 0. The molecule has 1 aromatic rings. The molecule has 0 saturated carbocycles. The number of nitrogens with zero attached hydrogens (tertiary/aromatic N) is 2. The van der Waals surface area contributed by atoms with E-state index in [1.807, 2.05) is 0 Å². The molecule has 68 valence electrons. The van der Waals surface area contributed by atoms with Crippen LogP contribution in [0.4, 0.5) is 5.69 Å². The van der Waals surface area contributed by atoms with Crippen LogP contribution in [0.1, 0.15) is 0 Å². The zero-order valence-electron chi connectivity index (χ0n) is 6.36. The number of hydrogen-bond donors (Lipinski definition) is 1. The summed E-state index contributed by atoms with van der Waals surface area (Å²) in [5, 5.41) is 3.33. The van der Waals surface area contributed by atoms with E-state index in [2.05, 4.69) is 9.82 Å². The molecule has 5 nitrogen and oxygen atoms in total. The number of alkyl halides is 1. The quantitative estimate of drug-likeness (QED) is 0.731. The predicted octanol–water partition coefficient (Wildman–Crippen LogP) is 0.358. The third-order valence-electron chi connectivity index (χ3n) is 1.12. The molecule has 12 heavy (non-hydrogen) atoms. The van der Waals surface area contributed by atoms with Gasteiger partial charge in [0.2, 0.25) is 10.0 Å². The summed E-state index contributed by atoms with van der Waals surface area (Å²) in [7, 11) is -1.70. The van der Waals surface area contributed by atoms with E-state index in [1.165, 1.54) is 10.9 Å². The van der Waals surface area contributed by atoms with E-state index in [0.717, 1.165) is 0 Å². The first-order valence-electron chi connectivity index (χ1n) is 3.08. The number of aromatic nitrogens is 2. The molecule has 0 saturated heterocycles. The van der Waals surface area contributed by atoms with Gasteiger partial charge in [-0.3, -0.25) is 9.40 Å². The molecule has 1 rings (SSSR count). The Bertz CT molecular complexity index is 359. The fourth-order valence-corrected chi connectivity index (χ4v) is 1.36. The molecule has 1 N–H and O–H groups in total. The van der Waals surface area contributed by atoms with Crippen LogP contribution in [0.3, 0.4) is 0 Å². The van der Waals surface area contributed by atoms with E-state index in [0.29, 0.717) is 5.69 Å². The summed E-state index contributed by atoms with van der Waals surface area (Å²) in [6, 6.07) is 0. The van der Waals surface area contributed by atoms with E-state index in [4.69, 9.17) is 11.6 Å². The third kappa shape index (κ3) is 2.38. The summed E-state index contributed by atoms with van der Waals surface area (Å²) in [4.78, 5) is 0. The second-order valence-electron chi connectivity index (χ2n) is 2.23. The van der Waals surface area contributed by atoms with Crippen molar-refractivity contribution < 1.29 is 8.42 Å². The van der Waals surface area contributed by atoms with Gasteiger partial charge in [0.05, 0.1) is 11.9 Å². The number of sulfonamides is 1. The molecule has 0 radical (unpaired) electrons. The van der Waals surface area contributed by atoms with Crippen molar-refractivity contribution in [1.82, 2.24) is 9.78 Å². The van der Waals surface area contributed by atoms with Gasteiger partial charge in [-0.1, -0.05) is 0 Å². The third-order valence-corrected chi connectivity index (χ3v) is 2.82. The van der Waals surface area contributed by atoms with Gasteiger partial charge in [-0.15, -0.1) is 11.6 Å². The Balaban J connectivity index is 2.77. The fraction of sp³-hybridized carbons (Fsp3) is 0.400. The second kappa shape index (κ2) is 3.32. The first-order valence-corrected chi connectivity index (χ1v) is 5.27. The van der Waals surface area contributed by atoms with E-state index >= 15 is 0 Å². The van der Waals surface area contributed by atoms with Gasteiger partial charge in [-0.25, -0.2) is 8.42 Å². The highest BCUT2D eigenvalue weighted by molar-refractivity contribution is 7.93. The molecular formula is C5H8ClN3O2S. The molecule has 0 aliphatic carbocycles. The maximum absolute atomic E-state index is 10.9. The zero-order valence-corrected chi connectivity index (χ0v) is 7.93. The largest absolute Gasteiger partial charge is 0.279 e. The molecule has 7 heteroatoms. The van der Waals surface area contributed by atoms with Gasteiger partial charge in [0.1, 0.15) is 5.21 Å². The Kier molecular flexibility index (Phi) is 2.58. The minimum atomic E-state index is -3.40. The monoisotopic (exact) mass is 209 g/mol. The summed E-state index contributed by atoms with van der Waals surface area (Å²) in [6.45, 7) is 0. The molecule has 0 atom stereocenters. The van der Waals surface area contributed by atoms with Gasteiger partial charge in [0.15, 0.2) is 0 Å². The standard InChI is InChI=1S/C5H8ClN3O2S/c1-9-3-5(2-7-9)8-12(10,11)4-6/h2-3,8H,4H2,1H3. The van der Waals surface area contributed by atoms with Crippen molar-refractivity contribution in [2.45, 2.75) is 0 Å².